The number of benzene rings is 2. The maximum Gasteiger partial charge on any atom is 0.203 e. The number of methoxy groups -OCH3 is 2. The first-order valence-electron chi connectivity index (χ1n) is 6.38. The third-order valence-electron chi connectivity index (χ3n) is 3.01. The molecule has 0 saturated carbocycles. The number of allylic oxidation sites excluding steroid dienone is 1. The van der Waals surface area contributed by atoms with E-state index in [0.717, 1.165) is 5.56 Å². The van der Waals surface area contributed by atoms with Gasteiger partial charge >= 0.3 is 0 Å². The van der Waals surface area contributed by atoms with E-state index in [4.69, 9.17) is 9.47 Å². The predicted molar refractivity (Wildman–Crippen MR) is 81.0 cm³/mol. The van der Waals surface area contributed by atoms with Gasteiger partial charge in [-0.05, 0) is 23.8 Å². The highest BCUT2D eigenvalue weighted by molar-refractivity contribution is 6.09. The monoisotopic (exact) mass is 284 g/mol. The number of hydrogen-bond acceptors (Lipinski definition) is 4. The topological polar surface area (TPSA) is 55.8 Å². The molecule has 0 spiro atoms. The Kier molecular flexibility index (Phi) is 4.61. The van der Waals surface area contributed by atoms with Crippen LogP contribution in [-0.2, 0) is 0 Å². The van der Waals surface area contributed by atoms with E-state index in [2.05, 4.69) is 0 Å². The number of ketones is 1. The summed E-state index contributed by atoms with van der Waals surface area (Å²) in [4.78, 5) is 12.2. The molecule has 0 saturated heterocycles. The predicted octanol–water partition coefficient (Wildman–Crippen LogP) is 3.31. The molecule has 1 N–H and O–H groups in total. The lowest BCUT2D eigenvalue weighted by molar-refractivity contribution is 0.104. The molecule has 21 heavy (non-hydrogen) atoms. The van der Waals surface area contributed by atoms with Crippen molar-refractivity contribution in [2.75, 3.05) is 14.2 Å². The standard InChI is InChI=1S/C17H16O4/c1-20-15-11-9-13(16(19)17(15)21-2)14(18)10-8-12-6-4-3-5-7-12/h3-11,19H,1-2H3/b10-8+. The number of ether oxygens (including phenoxy) is 2. The minimum absolute atomic E-state index is 0.150. The fourth-order valence-corrected chi connectivity index (χ4v) is 1.94. The van der Waals surface area contributed by atoms with Crippen molar-refractivity contribution < 1.29 is 19.4 Å². The first-order chi connectivity index (χ1) is 10.2. The van der Waals surface area contributed by atoms with Crippen LogP contribution < -0.4 is 9.47 Å². The van der Waals surface area contributed by atoms with Gasteiger partial charge in [0, 0.05) is 0 Å². The smallest absolute Gasteiger partial charge is 0.203 e. The van der Waals surface area contributed by atoms with E-state index in [1.54, 1.807) is 12.1 Å². The Hall–Kier alpha value is -2.75. The lowest BCUT2D eigenvalue weighted by Gasteiger charge is -2.11. The quantitative estimate of drug-likeness (QED) is 0.676. The summed E-state index contributed by atoms with van der Waals surface area (Å²) in [5.41, 5.74) is 1.07. The second-order valence-electron chi connectivity index (χ2n) is 4.31. The van der Waals surface area contributed by atoms with Gasteiger partial charge in [0.15, 0.2) is 17.3 Å². The average Bonchev–Trinajstić information content (AvgIpc) is 2.53. The zero-order valence-corrected chi connectivity index (χ0v) is 11.9. The average molecular weight is 284 g/mol. The van der Waals surface area contributed by atoms with Gasteiger partial charge in [-0.1, -0.05) is 36.4 Å². The van der Waals surface area contributed by atoms with Gasteiger partial charge in [0.2, 0.25) is 5.75 Å². The van der Waals surface area contributed by atoms with Gasteiger partial charge in [-0.15, -0.1) is 0 Å². The van der Waals surface area contributed by atoms with Gasteiger partial charge in [-0.2, -0.15) is 0 Å². The molecule has 0 heterocycles. The van der Waals surface area contributed by atoms with Gasteiger partial charge < -0.3 is 14.6 Å². The number of carbonyl (C=O) groups excluding carboxylic acids is 1. The van der Waals surface area contributed by atoms with Crippen LogP contribution in [0.3, 0.4) is 0 Å². The van der Waals surface area contributed by atoms with Gasteiger partial charge in [0.05, 0.1) is 19.8 Å². The molecule has 2 aromatic carbocycles. The van der Waals surface area contributed by atoms with Crippen molar-refractivity contribution in [3.8, 4) is 17.2 Å². The van der Waals surface area contributed by atoms with Crippen LogP contribution in [0.1, 0.15) is 15.9 Å². The molecule has 2 rings (SSSR count). The summed E-state index contributed by atoms with van der Waals surface area (Å²) in [6.07, 6.45) is 3.11. The molecule has 0 atom stereocenters. The summed E-state index contributed by atoms with van der Waals surface area (Å²) in [6, 6.07) is 12.5. The zero-order chi connectivity index (χ0) is 15.2. The lowest BCUT2D eigenvalue weighted by atomic mass is 10.1. The Bertz CT molecular complexity index is 660. The van der Waals surface area contributed by atoms with Gasteiger partial charge in [0.25, 0.3) is 0 Å². The molecule has 0 bridgehead atoms. The third-order valence-corrected chi connectivity index (χ3v) is 3.01. The fourth-order valence-electron chi connectivity index (χ4n) is 1.94. The van der Waals surface area contributed by atoms with Crippen LogP contribution in [0.5, 0.6) is 17.2 Å². The van der Waals surface area contributed by atoms with Crippen LogP contribution in [0, 0.1) is 0 Å². The summed E-state index contributed by atoms with van der Waals surface area (Å²) in [7, 11) is 2.87. The van der Waals surface area contributed by atoms with Crippen molar-refractivity contribution in [3.05, 3.63) is 59.7 Å². The molecule has 108 valence electrons. The Labute approximate surface area is 123 Å². The van der Waals surface area contributed by atoms with Crippen molar-refractivity contribution in [2.45, 2.75) is 0 Å². The fraction of sp³-hybridized carbons (Fsp3) is 0.118. The van der Waals surface area contributed by atoms with Crippen molar-refractivity contribution in [1.29, 1.82) is 0 Å². The second-order valence-corrected chi connectivity index (χ2v) is 4.31. The maximum atomic E-state index is 12.2. The molecule has 0 aliphatic rings. The van der Waals surface area contributed by atoms with Crippen LogP contribution in [0.2, 0.25) is 0 Å². The Morgan fingerprint density at radius 1 is 1.05 bits per heavy atom. The molecule has 0 aliphatic heterocycles. The second kappa shape index (κ2) is 6.61. The summed E-state index contributed by atoms with van der Waals surface area (Å²) in [6.45, 7) is 0. The van der Waals surface area contributed by atoms with Crippen molar-refractivity contribution in [2.24, 2.45) is 0 Å². The number of carbonyl (C=O) groups is 1. The molecule has 4 heteroatoms. The minimum atomic E-state index is -0.308. The summed E-state index contributed by atoms with van der Waals surface area (Å²) < 4.78 is 10.1. The van der Waals surface area contributed by atoms with E-state index in [0.29, 0.717) is 5.75 Å². The SMILES string of the molecule is COc1ccc(C(=O)/C=C/c2ccccc2)c(O)c1OC. The number of rotatable bonds is 5. The van der Waals surface area contributed by atoms with Crippen LogP contribution in [-0.4, -0.2) is 25.1 Å². The maximum absolute atomic E-state index is 12.2. The molecule has 0 unspecified atom stereocenters. The van der Waals surface area contributed by atoms with E-state index in [1.807, 2.05) is 30.3 Å². The lowest BCUT2D eigenvalue weighted by Crippen LogP contribution is -1.99. The summed E-state index contributed by atoms with van der Waals surface area (Å²) in [5, 5.41) is 10.1. The zero-order valence-electron chi connectivity index (χ0n) is 11.9. The third kappa shape index (κ3) is 3.23. The molecule has 0 radical (unpaired) electrons. The molecule has 4 nitrogen and oxygen atoms in total. The molecular formula is C17H16O4. The van der Waals surface area contributed by atoms with Gasteiger partial charge in [-0.3, -0.25) is 4.79 Å². The van der Waals surface area contributed by atoms with Crippen molar-refractivity contribution >= 4 is 11.9 Å². The van der Waals surface area contributed by atoms with E-state index < -0.39 is 0 Å². The van der Waals surface area contributed by atoms with Crippen molar-refractivity contribution in [3.63, 3.8) is 0 Å². The van der Waals surface area contributed by atoms with E-state index in [9.17, 15) is 9.90 Å². The summed E-state index contributed by atoms with van der Waals surface area (Å²) in [5.74, 6) is -0.00748. The van der Waals surface area contributed by atoms with Gasteiger partial charge in [0.1, 0.15) is 0 Å². The molecule has 0 aromatic heterocycles. The highest BCUT2D eigenvalue weighted by atomic mass is 16.5. The van der Waals surface area contributed by atoms with Crippen LogP contribution in [0.25, 0.3) is 6.08 Å². The van der Waals surface area contributed by atoms with E-state index in [1.165, 1.54) is 26.4 Å². The highest BCUT2D eigenvalue weighted by Gasteiger charge is 2.17. The Balaban J connectivity index is 2.30. The van der Waals surface area contributed by atoms with E-state index in [-0.39, 0.29) is 22.8 Å². The number of hydrogen-bond donors (Lipinski definition) is 1. The van der Waals surface area contributed by atoms with Crippen molar-refractivity contribution in [1.82, 2.24) is 0 Å². The normalized spacial score (nSPS) is 10.6. The van der Waals surface area contributed by atoms with Crippen LogP contribution in [0.4, 0.5) is 0 Å². The molecule has 0 fully saturated rings. The number of phenolic OH excluding ortho intramolecular Hbond substituents is 1. The van der Waals surface area contributed by atoms with Gasteiger partial charge in [-0.25, -0.2) is 0 Å². The summed E-state index contributed by atoms with van der Waals surface area (Å²) >= 11 is 0. The highest BCUT2D eigenvalue weighted by Crippen LogP contribution is 2.39. The molecule has 0 aliphatic carbocycles. The Morgan fingerprint density at radius 2 is 1.76 bits per heavy atom. The molecular weight excluding hydrogens is 268 g/mol. The van der Waals surface area contributed by atoms with Crippen LogP contribution in [0.15, 0.2) is 48.5 Å². The largest absolute Gasteiger partial charge is 0.504 e. The molecule has 0 amide bonds. The first kappa shape index (κ1) is 14.7. The first-order valence-corrected chi connectivity index (χ1v) is 6.38. The van der Waals surface area contributed by atoms with Crippen LogP contribution >= 0.6 is 0 Å². The number of phenols is 1. The van der Waals surface area contributed by atoms with E-state index >= 15 is 0 Å². The Morgan fingerprint density at radius 3 is 2.38 bits per heavy atom. The minimum Gasteiger partial charge on any atom is -0.504 e. The number of aromatic hydroxyl groups is 1. The molecule has 2 aromatic rings.